The summed E-state index contributed by atoms with van der Waals surface area (Å²) in [4.78, 5) is 39.9. The summed E-state index contributed by atoms with van der Waals surface area (Å²) < 4.78 is 9.59. The minimum Gasteiger partial charge on any atom is -0.490 e. The topological polar surface area (TPSA) is 124 Å². The molecule has 1 aromatic heterocycles. The number of nitrogens with one attached hydrogen (secondary N) is 1. The lowest BCUT2D eigenvalue weighted by Crippen LogP contribution is -2.22. The molecule has 0 aliphatic heterocycles. The van der Waals surface area contributed by atoms with Crippen LogP contribution in [-0.4, -0.2) is 34.6 Å². The molecule has 1 N–H and O–H groups in total. The molecule has 0 saturated heterocycles. The van der Waals surface area contributed by atoms with Crippen molar-refractivity contribution in [3.05, 3.63) is 38.3 Å². The Hall–Kier alpha value is -2.97. The summed E-state index contributed by atoms with van der Waals surface area (Å²) in [5, 5.41) is 10.9. The van der Waals surface area contributed by atoms with Gasteiger partial charge in [0.05, 0.1) is 29.7 Å². The van der Waals surface area contributed by atoms with Crippen molar-refractivity contribution in [2.24, 2.45) is 0 Å². The van der Waals surface area contributed by atoms with E-state index < -0.39 is 22.1 Å². The number of benzene rings is 1. The summed E-state index contributed by atoms with van der Waals surface area (Å²) >= 11 is 0. The van der Waals surface area contributed by atoms with Crippen LogP contribution in [0.15, 0.2) is 16.9 Å². The highest BCUT2D eigenvalue weighted by atomic mass is 16.6. The number of ether oxygens (including phenoxy) is 2. The van der Waals surface area contributed by atoms with Gasteiger partial charge in [0, 0.05) is 12.1 Å². The van der Waals surface area contributed by atoms with Gasteiger partial charge in [-0.15, -0.1) is 0 Å². The lowest BCUT2D eigenvalue weighted by atomic mass is 10.2. The van der Waals surface area contributed by atoms with Gasteiger partial charge >= 0.3 is 11.7 Å². The summed E-state index contributed by atoms with van der Waals surface area (Å²) in [7, 11) is 1.27. The molecule has 0 atom stereocenters. The zero-order chi connectivity index (χ0) is 15.6. The van der Waals surface area contributed by atoms with Crippen molar-refractivity contribution >= 4 is 22.7 Å². The summed E-state index contributed by atoms with van der Waals surface area (Å²) in [6, 6.07) is 2.39. The first-order valence-electron chi connectivity index (χ1n) is 5.91. The number of carbonyl (C=O) groups is 1. The van der Waals surface area contributed by atoms with E-state index in [0.29, 0.717) is 0 Å². The van der Waals surface area contributed by atoms with Crippen molar-refractivity contribution in [2.45, 2.75) is 6.92 Å². The molecule has 0 radical (unpaired) electrons. The maximum absolute atomic E-state index is 11.8. The number of nitro benzene ring substituents is 1. The highest BCUT2D eigenvalue weighted by molar-refractivity contribution is 5.90. The number of nitrogens with zero attached hydrogens (tertiary/aromatic N) is 2. The van der Waals surface area contributed by atoms with Gasteiger partial charge in [0.1, 0.15) is 0 Å². The molecular weight excluding hydrogens is 282 g/mol. The molecule has 0 amide bonds. The van der Waals surface area contributed by atoms with Gasteiger partial charge in [-0.25, -0.2) is 9.78 Å². The Kier molecular flexibility index (Phi) is 3.83. The lowest BCUT2D eigenvalue weighted by Gasteiger charge is -2.05. The number of aromatic amines is 1. The molecule has 2 rings (SSSR count). The molecule has 0 saturated carbocycles. The van der Waals surface area contributed by atoms with Crippen LogP contribution in [0.5, 0.6) is 5.75 Å². The van der Waals surface area contributed by atoms with Gasteiger partial charge in [0.15, 0.2) is 5.75 Å². The molecule has 110 valence electrons. The quantitative estimate of drug-likeness (QED) is 0.506. The van der Waals surface area contributed by atoms with Crippen molar-refractivity contribution in [3.63, 3.8) is 0 Å². The van der Waals surface area contributed by atoms with E-state index in [0.717, 1.165) is 6.07 Å². The first kappa shape index (κ1) is 14.4. The van der Waals surface area contributed by atoms with Gasteiger partial charge < -0.3 is 14.5 Å². The van der Waals surface area contributed by atoms with Crippen molar-refractivity contribution in [3.8, 4) is 5.75 Å². The van der Waals surface area contributed by atoms with E-state index in [2.05, 4.69) is 9.97 Å². The van der Waals surface area contributed by atoms with Gasteiger partial charge in [-0.05, 0) is 6.92 Å². The normalized spacial score (nSPS) is 10.4. The fourth-order valence-electron chi connectivity index (χ4n) is 1.75. The fourth-order valence-corrected chi connectivity index (χ4v) is 1.75. The number of carbonyl (C=O) groups excluding carboxylic acids is 1. The predicted molar refractivity (Wildman–Crippen MR) is 71.5 cm³/mol. The molecule has 1 heterocycles. The third kappa shape index (κ3) is 2.66. The minimum absolute atomic E-state index is 0.0196. The largest absolute Gasteiger partial charge is 0.490 e. The van der Waals surface area contributed by atoms with Gasteiger partial charge in [0.2, 0.25) is 5.69 Å². The minimum atomic E-state index is -0.890. The highest BCUT2D eigenvalue weighted by Gasteiger charge is 2.20. The number of hydrogen-bond acceptors (Lipinski definition) is 7. The van der Waals surface area contributed by atoms with Gasteiger partial charge in [-0.1, -0.05) is 0 Å². The Bertz CT molecular complexity index is 782. The molecule has 21 heavy (non-hydrogen) atoms. The second kappa shape index (κ2) is 5.57. The second-order valence-corrected chi connectivity index (χ2v) is 3.93. The maximum Gasteiger partial charge on any atom is 0.362 e. The molecule has 0 aliphatic rings. The molecular formula is C12H11N3O6. The summed E-state index contributed by atoms with van der Waals surface area (Å²) in [5.74, 6) is -0.909. The van der Waals surface area contributed by atoms with Gasteiger partial charge in [-0.2, -0.15) is 0 Å². The second-order valence-electron chi connectivity index (χ2n) is 3.93. The Balaban J connectivity index is 2.69. The molecule has 9 heteroatoms. The number of fused-ring (bicyclic) bond motifs is 1. The Labute approximate surface area is 117 Å². The van der Waals surface area contributed by atoms with E-state index in [4.69, 9.17) is 9.47 Å². The SMILES string of the molecule is CCOC(=O)c1nc2cc([N+](=O)[O-])c(OC)cc2[nH]c1=O. The van der Waals surface area contributed by atoms with Crippen LogP contribution in [0.2, 0.25) is 0 Å². The van der Waals surface area contributed by atoms with Crippen LogP contribution >= 0.6 is 0 Å². The van der Waals surface area contributed by atoms with E-state index in [-0.39, 0.29) is 29.1 Å². The number of nitro groups is 1. The zero-order valence-corrected chi connectivity index (χ0v) is 11.2. The van der Waals surface area contributed by atoms with Gasteiger partial charge in [0.25, 0.3) is 5.56 Å². The van der Waals surface area contributed by atoms with E-state index in [1.807, 2.05) is 0 Å². The Morgan fingerprint density at radius 2 is 2.19 bits per heavy atom. The van der Waals surface area contributed by atoms with Crippen LogP contribution in [0.1, 0.15) is 17.4 Å². The maximum atomic E-state index is 11.8. The molecule has 0 aliphatic carbocycles. The fraction of sp³-hybridized carbons (Fsp3) is 0.250. The average Bonchev–Trinajstić information content (AvgIpc) is 2.45. The van der Waals surface area contributed by atoms with E-state index in [1.165, 1.54) is 13.2 Å². The first-order valence-corrected chi connectivity index (χ1v) is 5.91. The van der Waals surface area contributed by atoms with E-state index in [1.54, 1.807) is 6.92 Å². The van der Waals surface area contributed by atoms with Crippen molar-refractivity contribution < 1.29 is 19.2 Å². The highest BCUT2D eigenvalue weighted by Crippen LogP contribution is 2.29. The molecule has 0 bridgehead atoms. The third-order valence-corrected chi connectivity index (χ3v) is 2.66. The molecule has 0 unspecified atom stereocenters. The molecule has 0 fully saturated rings. The number of methoxy groups -OCH3 is 1. The van der Waals surface area contributed by atoms with Crippen molar-refractivity contribution in [1.82, 2.24) is 9.97 Å². The van der Waals surface area contributed by atoms with Gasteiger partial charge in [-0.3, -0.25) is 14.9 Å². The summed E-state index contributed by atoms with van der Waals surface area (Å²) in [6.07, 6.45) is 0. The summed E-state index contributed by atoms with van der Waals surface area (Å²) in [5.41, 5.74) is -1.21. The van der Waals surface area contributed by atoms with Crippen molar-refractivity contribution in [2.75, 3.05) is 13.7 Å². The lowest BCUT2D eigenvalue weighted by molar-refractivity contribution is -0.385. The van der Waals surface area contributed by atoms with Crippen LogP contribution in [-0.2, 0) is 4.74 Å². The Morgan fingerprint density at radius 1 is 1.48 bits per heavy atom. The zero-order valence-electron chi connectivity index (χ0n) is 11.2. The van der Waals surface area contributed by atoms with E-state index in [9.17, 15) is 19.7 Å². The van der Waals surface area contributed by atoms with E-state index >= 15 is 0 Å². The number of H-pyrrole nitrogens is 1. The number of rotatable bonds is 4. The molecule has 0 spiro atoms. The number of esters is 1. The number of hydrogen-bond donors (Lipinski definition) is 1. The van der Waals surface area contributed by atoms with Crippen LogP contribution in [0.4, 0.5) is 5.69 Å². The average molecular weight is 293 g/mol. The smallest absolute Gasteiger partial charge is 0.362 e. The molecule has 9 nitrogen and oxygen atoms in total. The molecule has 1 aromatic carbocycles. The predicted octanol–water partition coefficient (Wildman–Crippen LogP) is 1.02. The monoisotopic (exact) mass is 293 g/mol. The molecule has 2 aromatic rings. The van der Waals surface area contributed by atoms with Crippen LogP contribution < -0.4 is 10.3 Å². The third-order valence-electron chi connectivity index (χ3n) is 2.66. The standard InChI is InChI=1S/C12H11N3O6/c1-3-21-12(17)10-11(16)14-7-5-9(20-2)8(15(18)19)4-6(7)13-10/h4-5H,3H2,1-2H3,(H,14,16). The number of aromatic nitrogens is 2. The Morgan fingerprint density at radius 3 is 2.76 bits per heavy atom. The first-order chi connectivity index (χ1) is 9.97. The summed E-state index contributed by atoms with van der Waals surface area (Å²) in [6.45, 7) is 1.67. The van der Waals surface area contributed by atoms with Crippen LogP contribution in [0, 0.1) is 10.1 Å². The van der Waals surface area contributed by atoms with Crippen LogP contribution in [0.25, 0.3) is 11.0 Å². The van der Waals surface area contributed by atoms with Crippen LogP contribution in [0.3, 0.4) is 0 Å². The van der Waals surface area contributed by atoms with Crippen molar-refractivity contribution in [1.29, 1.82) is 0 Å².